The lowest BCUT2D eigenvalue weighted by Gasteiger charge is -2.14. The summed E-state index contributed by atoms with van der Waals surface area (Å²) < 4.78 is 7.30. The van der Waals surface area contributed by atoms with Crippen LogP contribution in [0.5, 0.6) is 5.75 Å². The van der Waals surface area contributed by atoms with E-state index in [2.05, 4.69) is 0 Å². The first-order valence-electron chi connectivity index (χ1n) is 6.41. The number of nitrogens with zero attached hydrogens (tertiary/aromatic N) is 1. The Balaban J connectivity index is 2.33. The molecule has 2 aromatic rings. The molecule has 5 nitrogen and oxygen atoms in total. The van der Waals surface area contributed by atoms with Crippen molar-refractivity contribution in [1.82, 2.24) is 4.57 Å². The summed E-state index contributed by atoms with van der Waals surface area (Å²) >= 11 is 0. The van der Waals surface area contributed by atoms with Crippen molar-refractivity contribution >= 4 is 29.5 Å². The highest BCUT2D eigenvalue weighted by Crippen LogP contribution is 2.38. The zero-order valence-electron chi connectivity index (χ0n) is 11.0. The summed E-state index contributed by atoms with van der Waals surface area (Å²) in [5, 5.41) is 9.37. The average Bonchev–Trinajstić information content (AvgIpc) is 3.25. The smallest absolute Gasteiger partial charge is 0.305 e. The monoisotopic (exact) mass is 270 g/mol. The standard InChI is InChI=1S/C14H13BNO4/c1-20-11-4-2-3-9-12(11)16(8-5-6-8)7-10(13(9)17)15-14(18)19/h2-4,7-8H,5-6H2,1H3,(H,18,19). The van der Waals surface area contributed by atoms with Gasteiger partial charge in [0.25, 0.3) is 0 Å². The number of pyridine rings is 1. The van der Waals surface area contributed by atoms with Gasteiger partial charge < -0.3 is 14.4 Å². The molecule has 101 valence electrons. The maximum Gasteiger partial charge on any atom is 0.305 e. The molecule has 20 heavy (non-hydrogen) atoms. The summed E-state index contributed by atoms with van der Waals surface area (Å²) in [6, 6.07) is 5.57. The molecule has 1 aromatic carbocycles. The number of carboxylic acid groups (broad SMARTS) is 1. The van der Waals surface area contributed by atoms with Gasteiger partial charge in [0.05, 0.1) is 12.6 Å². The normalized spacial score (nSPS) is 14.2. The number of hydrogen-bond acceptors (Lipinski definition) is 3. The first-order chi connectivity index (χ1) is 9.61. The molecule has 1 radical (unpaired) electrons. The summed E-state index contributed by atoms with van der Waals surface area (Å²) in [4.78, 5) is 23.2. The molecule has 0 saturated heterocycles. The third-order valence-electron chi connectivity index (χ3n) is 3.48. The number of rotatable bonds is 4. The molecule has 3 rings (SSSR count). The van der Waals surface area contributed by atoms with Crippen LogP contribution < -0.4 is 15.6 Å². The zero-order valence-corrected chi connectivity index (χ0v) is 11.0. The largest absolute Gasteiger partial charge is 0.495 e. The maximum atomic E-state index is 12.4. The van der Waals surface area contributed by atoms with Crippen LogP contribution in [0.1, 0.15) is 18.9 Å². The molecule has 1 saturated carbocycles. The van der Waals surface area contributed by atoms with Crippen molar-refractivity contribution in [3.63, 3.8) is 0 Å². The van der Waals surface area contributed by atoms with E-state index in [-0.39, 0.29) is 10.9 Å². The van der Waals surface area contributed by atoms with E-state index in [0.717, 1.165) is 25.6 Å². The molecule has 1 fully saturated rings. The number of para-hydroxylation sites is 1. The molecule has 0 unspecified atom stereocenters. The first-order valence-corrected chi connectivity index (χ1v) is 6.41. The van der Waals surface area contributed by atoms with Crippen LogP contribution >= 0.6 is 0 Å². The minimum atomic E-state index is -1.12. The quantitative estimate of drug-likeness (QED) is 0.851. The summed E-state index contributed by atoms with van der Waals surface area (Å²) in [5.41, 5.74) is 0.661. The Bertz CT molecular complexity index is 749. The number of ether oxygens (including phenoxy) is 1. The highest BCUT2D eigenvalue weighted by molar-refractivity contribution is 6.82. The predicted molar refractivity (Wildman–Crippen MR) is 76.4 cm³/mol. The molecule has 1 aliphatic rings. The molecule has 0 bridgehead atoms. The van der Waals surface area contributed by atoms with Gasteiger partial charge in [-0.2, -0.15) is 0 Å². The van der Waals surface area contributed by atoms with E-state index in [1.165, 1.54) is 0 Å². The van der Waals surface area contributed by atoms with Gasteiger partial charge in [0.1, 0.15) is 5.75 Å². The highest BCUT2D eigenvalue weighted by atomic mass is 16.5. The number of benzene rings is 1. The van der Waals surface area contributed by atoms with E-state index in [9.17, 15) is 9.59 Å². The van der Waals surface area contributed by atoms with Crippen molar-refractivity contribution in [1.29, 1.82) is 0 Å². The molecule has 1 aliphatic carbocycles. The Hall–Kier alpha value is -2.24. The Labute approximate surface area is 116 Å². The zero-order chi connectivity index (χ0) is 14.3. The number of fused-ring (bicyclic) bond motifs is 1. The summed E-state index contributed by atoms with van der Waals surface area (Å²) in [6.45, 7) is 0. The van der Waals surface area contributed by atoms with Crippen LogP contribution in [0.3, 0.4) is 0 Å². The molecule has 1 N–H and O–H groups in total. The molecular formula is C14H13BNO4. The predicted octanol–water partition coefficient (Wildman–Crippen LogP) is 1.35. The molecule has 1 aromatic heterocycles. The van der Waals surface area contributed by atoms with Gasteiger partial charge in [-0.1, -0.05) is 6.07 Å². The Morgan fingerprint density at radius 1 is 1.45 bits per heavy atom. The fraction of sp³-hybridized carbons (Fsp3) is 0.286. The van der Waals surface area contributed by atoms with E-state index in [4.69, 9.17) is 9.84 Å². The fourth-order valence-electron chi connectivity index (χ4n) is 2.44. The lowest BCUT2D eigenvalue weighted by atomic mass is 9.71. The van der Waals surface area contributed by atoms with Crippen molar-refractivity contribution in [2.45, 2.75) is 18.9 Å². The summed E-state index contributed by atoms with van der Waals surface area (Å²) in [7, 11) is 2.52. The van der Waals surface area contributed by atoms with Crippen LogP contribution in [-0.2, 0) is 0 Å². The Kier molecular flexibility index (Phi) is 3.01. The molecule has 0 aliphatic heterocycles. The molecular weight excluding hydrogens is 257 g/mol. The number of aromatic nitrogens is 1. The minimum Gasteiger partial charge on any atom is -0.495 e. The van der Waals surface area contributed by atoms with Gasteiger partial charge in [-0.3, -0.25) is 9.59 Å². The number of methoxy groups -OCH3 is 1. The summed E-state index contributed by atoms with van der Waals surface area (Å²) in [5.74, 6) is -0.486. The number of hydrogen-bond donors (Lipinski definition) is 1. The lowest BCUT2D eigenvalue weighted by molar-refractivity contribution is 0.220. The Morgan fingerprint density at radius 2 is 2.20 bits per heavy atom. The van der Waals surface area contributed by atoms with Gasteiger partial charge in [0, 0.05) is 17.6 Å². The second kappa shape index (κ2) is 4.70. The van der Waals surface area contributed by atoms with Gasteiger partial charge in [-0.05, 0) is 30.4 Å². The minimum absolute atomic E-state index is 0.199. The van der Waals surface area contributed by atoms with Crippen LogP contribution in [0.2, 0.25) is 0 Å². The number of carbonyl (C=O) groups is 1. The third-order valence-corrected chi connectivity index (χ3v) is 3.48. The van der Waals surface area contributed by atoms with E-state index < -0.39 is 5.87 Å². The second-order valence-electron chi connectivity index (χ2n) is 4.89. The molecule has 0 spiro atoms. The SMILES string of the molecule is COc1cccc2c(=O)c([B]C(=O)O)cn(C3CC3)c12. The van der Waals surface area contributed by atoms with Crippen LogP contribution in [0.4, 0.5) is 4.79 Å². The Morgan fingerprint density at radius 3 is 2.80 bits per heavy atom. The fourth-order valence-corrected chi connectivity index (χ4v) is 2.44. The molecule has 1 heterocycles. The van der Waals surface area contributed by atoms with Crippen molar-refractivity contribution in [3.05, 3.63) is 34.6 Å². The van der Waals surface area contributed by atoms with E-state index in [1.807, 2.05) is 4.57 Å². The average molecular weight is 270 g/mol. The maximum absolute atomic E-state index is 12.4. The van der Waals surface area contributed by atoms with E-state index in [1.54, 1.807) is 31.5 Å². The molecule has 0 amide bonds. The van der Waals surface area contributed by atoms with Crippen molar-refractivity contribution in [3.8, 4) is 5.75 Å². The molecule has 6 heteroatoms. The summed E-state index contributed by atoms with van der Waals surface area (Å²) in [6.07, 6.45) is 3.68. The molecule has 0 atom stereocenters. The van der Waals surface area contributed by atoms with Crippen molar-refractivity contribution in [2.24, 2.45) is 0 Å². The van der Waals surface area contributed by atoms with Gasteiger partial charge in [0.15, 0.2) is 5.43 Å². The van der Waals surface area contributed by atoms with Crippen molar-refractivity contribution in [2.75, 3.05) is 7.11 Å². The third kappa shape index (κ3) is 2.07. The van der Waals surface area contributed by atoms with Crippen LogP contribution in [0.25, 0.3) is 10.9 Å². The topological polar surface area (TPSA) is 68.5 Å². The highest BCUT2D eigenvalue weighted by Gasteiger charge is 2.27. The first kappa shape index (κ1) is 12.8. The second-order valence-corrected chi connectivity index (χ2v) is 4.89. The van der Waals surface area contributed by atoms with E-state index in [0.29, 0.717) is 17.2 Å². The van der Waals surface area contributed by atoms with E-state index >= 15 is 0 Å². The lowest BCUT2D eigenvalue weighted by Crippen LogP contribution is -2.37. The van der Waals surface area contributed by atoms with Crippen LogP contribution in [0.15, 0.2) is 29.2 Å². The van der Waals surface area contributed by atoms with Gasteiger partial charge >= 0.3 is 7.28 Å². The van der Waals surface area contributed by atoms with Gasteiger partial charge in [-0.15, -0.1) is 0 Å². The van der Waals surface area contributed by atoms with Crippen molar-refractivity contribution < 1.29 is 14.6 Å². The van der Waals surface area contributed by atoms with Gasteiger partial charge in [0.2, 0.25) is 5.87 Å². The van der Waals surface area contributed by atoms with Crippen LogP contribution in [0, 0.1) is 0 Å². The van der Waals surface area contributed by atoms with Crippen LogP contribution in [-0.4, -0.2) is 29.9 Å². The van der Waals surface area contributed by atoms with Gasteiger partial charge in [-0.25, -0.2) is 0 Å².